The molecule has 1 unspecified atom stereocenters. The lowest BCUT2D eigenvalue weighted by Gasteiger charge is -2.33. The minimum absolute atomic E-state index is 0.0198. The van der Waals surface area contributed by atoms with Crippen molar-refractivity contribution in [1.29, 1.82) is 0 Å². The summed E-state index contributed by atoms with van der Waals surface area (Å²) in [6.45, 7) is 4.96. The van der Waals surface area contributed by atoms with Crippen molar-refractivity contribution in [2.75, 3.05) is 13.1 Å². The number of hydrogen-bond acceptors (Lipinski definition) is 4. The van der Waals surface area contributed by atoms with Gasteiger partial charge in [-0.05, 0) is 80.9 Å². The first-order valence-corrected chi connectivity index (χ1v) is 14.6. The Morgan fingerprint density at radius 1 is 0.865 bits per heavy atom. The molecule has 4 aromatic rings. The Kier molecular flexibility index (Phi) is 6.25. The van der Waals surface area contributed by atoms with Gasteiger partial charge in [0.2, 0.25) is 0 Å². The van der Waals surface area contributed by atoms with Crippen molar-refractivity contribution in [3.05, 3.63) is 101 Å². The topological polar surface area (TPSA) is 59.4 Å². The molecule has 0 bridgehead atoms. The van der Waals surface area contributed by atoms with E-state index in [4.69, 9.17) is 0 Å². The molecule has 3 aromatic carbocycles. The lowest BCUT2D eigenvalue weighted by atomic mass is 9.85. The van der Waals surface area contributed by atoms with Crippen LogP contribution in [0.1, 0.15) is 46.4 Å². The average Bonchev–Trinajstić information content (AvgIpc) is 3.40. The molecule has 1 saturated heterocycles. The van der Waals surface area contributed by atoms with Crippen LogP contribution in [0.3, 0.4) is 0 Å². The number of benzene rings is 3. The Bertz CT molecular complexity index is 1550. The fourth-order valence-corrected chi connectivity index (χ4v) is 7.69. The van der Waals surface area contributed by atoms with Gasteiger partial charge in [0.15, 0.2) is 5.78 Å². The van der Waals surface area contributed by atoms with E-state index in [2.05, 4.69) is 29.2 Å². The van der Waals surface area contributed by atoms with Crippen LogP contribution in [-0.4, -0.2) is 36.2 Å². The Labute approximate surface area is 218 Å². The van der Waals surface area contributed by atoms with E-state index in [0.717, 1.165) is 55.4 Å². The third kappa shape index (κ3) is 4.42. The van der Waals surface area contributed by atoms with Crippen LogP contribution in [0.4, 0.5) is 0 Å². The van der Waals surface area contributed by atoms with Gasteiger partial charge in [-0.25, -0.2) is 12.4 Å². The van der Waals surface area contributed by atoms with Crippen molar-refractivity contribution in [3.63, 3.8) is 0 Å². The largest absolute Gasteiger partial charge is 0.299 e. The van der Waals surface area contributed by atoms with Crippen LogP contribution in [0, 0.1) is 18.8 Å². The summed E-state index contributed by atoms with van der Waals surface area (Å²) in [5.41, 5.74) is 4.18. The van der Waals surface area contributed by atoms with Gasteiger partial charge >= 0.3 is 0 Å². The predicted molar refractivity (Wildman–Crippen MR) is 146 cm³/mol. The standard InChI is InChI=1S/C31H32N2O3S/c1-22-11-13-26(14-12-22)37(35,36)33-29-10-6-5-9-27(29)28-20-25(31(34)30(28)33)19-23-15-17-32(18-16-23)21-24-7-3-2-4-8-24/h2-14,23,25H,15-21H2,1H3. The third-order valence-electron chi connectivity index (χ3n) is 8.12. The average molecular weight is 513 g/mol. The molecule has 0 amide bonds. The van der Waals surface area contributed by atoms with Gasteiger partial charge in [0.1, 0.15) is 5.69 Å². The first kappa shape index (κ1) is 24.1. The highest BCUT2D eigenvalue weighted by Crippen LogP contribution is 2.41. The molecule has 0 radical (unpaired) electrons. The molecule has 6 rings (SSSR count). The number of likely N-dealkylation sites (tertiary alicyclic amines) is 1. The summed E-state index contributed by atoms with van der Waals surface area (Å²) in [6, 6.07) is 24.9. The van der Waals surface area contributed by atoms with Crippen LogP contribution in [0.25, 0.3) is 10.9 Å². The second-order valence-electron chi connectivity index (χ2n) is 10.6. The molecule has 6 heteroatoms. The number of ketones is 1. The highest BCUT2D eigenvalue weighted by Gasteiger charge is 2.40. The summed E-state index contributed by atoms with van der Waals surface area (Å²) >= 11 is 0. The third-order valence-corrected chi connectivity index (χ3v) is 9.85. The number of nitrogens with zero attached hydrogens (tertiary/aromatic N) is 2. The van der Waals surface area contributed by atoms with Crippen LogP contribution in [0.2, 0.25) is 0 Å². The van der Waals surface area contributed by atoms with Crippen LogP contribution < -0.4 is 0 Å². The maximum Gasteiger partial charge on any atom is 0.268 e. The van der Waals surface area contributed by atoms with Gasteiger partial charge < -0.3 is 0 Å². The molecule has 0 spiro atoms. The van der Waals surface area contributed by atoms with Gasteiger partial charge in [0.25, 0.3) is 10.0 Å². The molecule has 1 aliphatic carbocycles. The van der Waals surface area contributed by atoms with E-state index in [0.29, 0.717) is 23.5 Å². The maximum atomic E-state index is 13.8. The van der Waals surface area contributed by atoms with E-state index in [1.165, 1.54) is 9.54 Å². The quantitative estimate of drug-likeness (QED) is 0.325. The molecular weight excluding hydrogens is 480 g/mol. The van der Waals surface area contributed by atoms with E-state index >= 15 is 0 Å². The number of aromatic nitrogens is 1. The minimum Gasteiger partial charge on any atom is -0.299 e. The SMILES string of the molecule is Cc1ccc(S(=O)(=O)n2c3c(c4ccccc42)CC(CC2CCN(Cc4ccccc4)CC2)C3=O)cc1. The number of carbonyl (C=O) groups excluding carboxylic acids is 1. The molecule has 0 saturated carbocycles. The normalized spacial score (nSPS) is 18.9. The zero-order chi connectivity index (χ0) is 25.6. The van der Waals surface area contributed by atoms with Crippen LogP contribution in [0.5, 0.6) is 0 Å². The second-order valence-corrected chi connectivity index (χ2v) is 12.4. The molecule has 2 heterocycles. The van der Waals surface area contributed by atoms with Crippen LogP contribution in [-0.2, 0) is 23.0 Å². The highest BCUT2D eigenvalue weighted by atomic mass is 32.2. The van der Waals surface area contributed by atoms with Crippen LogP contribution >= 0.6 is 0 Å². The number of piperidine rings is 1. The van der Waals surface area contributed by atoms with E-state index in [9.17, 15) is 13.2 Å². The number of fused-ring (bicyclic) bond motifs is 3. The molecule has 1 aliphatic heterocycles. The molecule has 1 aromatic heterocycles. The van der Waals surface area contributed by atoms with Gasteiger partial charge in [-0.3, -0.25) is 9.69 Å². The first-order chi connectivity index (χ1) is 17.9. The lowest BCUT2D eigenvalue weighted by Crippen LogP contribution is -2.34. The van der Waals surface area contributed by atoms with Crippen molar-refractivity contribution in [1.82, 2.24) is 8.87 Å². The van der Waals surface area contributed by atoms with Gasteiger partial charge in [-0.1, -0.05) is 66.2 Å². The van der Waals surface area contributed by atoms with Crippen LogP contribution in [0.15, 0.2) is 83.8 Å². The smallest absolute Gasteiger partial charge is 0.268 e. The fraction of sp³-hybridized carbons (Fsp3) is 0.323. The summed E-state index contributed by atoms with van der Waals surface area (Å²) in [5, 5.41) is 0.877. The summed E-state index contributed by atoms with van der Waals surface area (Å²) in [5.74, 6) is 0.312. The molecule has 5 nitrogen and oxygen atoms in total. The van der Waals surface area contributed by atoms with Crippen molar-refractivity contribution in [3.8, 4) is 0 Å². The Hall–Kier alpha value is -3.22. The monoisotopic (exact) mass is 512 g/mol. The number of Topliss-reactive ketones (excluding diaryl/α,β-unsaturated/α-hetero) is 1. The van der Waals surface area contributed by atoms with Crippen molar-refractivity contribution in [2.45, 2.75) is 44.0 Å². The number of para-hydroxylation sites is 1. The summed E-state index contributed by atoms with van der Waals surface area (Å²) in [7, 11) is -3.90. The summed E-state index contributed by atoms with van der Waals surface area (Å²) in [6.07, 6.45) is 3.59. The molecule has 2 aliphatic rings. The highest BCUT2D eigenvalue weighted by molar-refractivity contribution is 7.90. The summed E-state index contributed by atoms with van der Waals surface area (Å²) < 4.78 is 29.0. The molecule has 1 atom stereocenters. The fourth-order valence-electron chi connectivity index (χ4n) is 6.14. The summed E-state index contributed by atoms with van der Waals surface area (Å²) in [4.78, 5) is 16.5. The predicted octanol–water partition coefficient (Wildman–Crippen LogP) is 5.84. The van der Waals surface area contributed by atoms with Gasteiger partial charge in [0, 0.05) is 17.8 Å². The first-order valence-electron chi connectivity index (χ1n) is 13.2. The maximum absolute atomic E-state index is 13.8. The molecular formula is C31H32N2O3S. The molecule has 0 N–H and O–H groups in total. The van der Waals surface area contributed by atoms with Gasteiger partial charge in [-0.15, -0.1) is 0 Å². The lowest BCUT2D eigenvalue weighted by molar-refractivity contribution is 0.0890. The van der Waals surface area contributed by atoms with Crippen molar-refractivity contribution in [2.24, 2.45) is 11.8 Å². The zero-order valence-corrected chi connectivity index (χ0v) is 22.0. The van der Waals surface area contributed by atoms with Crippen molar-refractivity contribution < 1.29 is 13.2 Å². The molecule has 190 valence electrons. The van der Waals surface area contributed by atoms with E-state index in [-0.39, 0.29) is 16.6 Å². The van der Waals surface area contributed by atoms with E-state index in [1.54, 1.807) is 24.3 Å². The van der Waals surface area contributed by atoms with E-state index < -0.39 is 10.0 Å². The number of carbonyl (C=O) groups is 1. The number of hydrogen-bond donors (Lipinski definition) is 0. The van der Waals surface area contributed by atoms with E-state index in [1.807, 2.05) is 37.3 Å². The second kappa shape index (κ2) is 9.58. The molecule has 37 heavy (non-hydrogen) atoms. The van der Waals surface area contributed by atoms with Crippen molar-refractivity contribution >= 4 is 26.7 Å². The Morgan fingerprint density at radius 2 is 1.54 bits per heavy atom. The number of aryl methyl sites for hydroxylation is 1. The van der Waals surface area contributed by atoms with Gasteiger partial charge in [0.05, 0.1) is 10.4 Å². The Morgan fingerprint density at radius 3 is 2.27 bits per heavy atom. The Balaban J connectivity index is 1.23. The molecule has 1 fully saturated rings. The zero-order valence-electron chi connectivity index (χ0n) is 21.1. The number of rotatable bonds is 6. The minimum atomic E-state index is -3.90. The van der Waals surface area contributed by atoms with Gasteiger partial charge in [-0.2, -0.15) is 0 Å².